The van der Waals surface area contributed by atoms with Crippen molar-refractivity contribution in [3.05, 3.63) is 103 Å². The maximum atomic E-state index is 13.8. The molecular formula is C25H29FN6O. The Balaban J connectivity index is 1.73. The van der Waals surface area contributed by atoms with Crippen LogP contribution in [0, 0.1) is 5.82 Å². The molecule has 1 aromatic carbocycles. The molecule has 0 bridgehead atoms. The van der Waals surface area contributed by atoms with E-state index in [0.29, 0.717) is 17.3 Å². The number of pyridine rings is 1. The van der Waals surface area contributed by atoms with Gasteiger partial charge in [-0.05, 0) is 43.3 Å². The van der Waals surface area contributed by atoms with Gasteiger partial charge in [0.25, 0.3) is 5.91 Å². The van der Waals surface area contributed by atoms with Gasteiger partial charge in [-0.15, -0.1) is 0 Å². The number of allylic oxidation sites excluding steroid dienone is 3. The highest BCUT2D eigenvalue weighted by Crippen LogP contribution is 2.17. The normalized spacial score (nSPS) is 14.4. The maximum absolute atomic E-state index is 13.8. The van der Waals surface area contributed by atoms with Crippen LogP contribution >= 0.6 is 0 Å². The molecule has 1 fully saturated rings. The molecule has 0 radical (unpaired) electrons. The molecule has 0 aliphatic carbocycles. The van der Waals surface area contributed by atoms with Crippen LogP contribution in [0.5, 0.6) is 0 Å². The first kappa shape index (κ1) is 23.7. The first-order chi connectivity index (χ1) is 16.0. The van der Waals surface area contributed by atoms with Crippen molar-refractivity contribution in [3.8, 4) is 0 Å². The van der Waals surface area contributed by atoms with E-state index in [4.69, 9.17) is 0 Å². The van der Waals surface area contributed by atoms with Crippen LogP contribution in [0.1, 0.15) is 17.4 Å². The van der Waals surface area contributed by atoms with Crippen LogP contribution in [0.25, 0.3) is 0 Å². The summed E-state index contributed by atoms with van der Waals surface area (Å²) in [6.07, 6.45) is 5.54. The first-order valence-corrected chi connectivity index (χ1v) is 10.7. The number of carbonyl (C=O) groups excluding carboxylic acids is 1. The first-order valence-electron chi connectivity index (χ1n) is 10.7. The third-order valence-electron chi connectivity index (χ3n) is 4.93. The number of aromatic nitrogens is 1. The third kappa shape index (κ3) is 6.54. The Morgan fingerprint density at radius 3 is 2.61 bits per heavy atom. The number of carbonyl (C=O) groups is 1. The molecule has 1 saturated heterocycles. The second-order valence-corrected chi connectivity index (χ2v) is 7.31. The molecule has 4 N–H and O–H groups in total. The number of nitrogens with zero attached hydrogens (tertiary/aromatic N) is 2. The number of halogens is 1. The Morgan fingerprint density at radius 1 is 1.15 bits per heavy atom. The highest BCUT2D eigenvalue weighted by atomic mass is 19.1. The van der Waals surface area contributed by atoms with Crippen LogP contribution in [0.3, 0.4) is 0 Å². The van der Waals surface area contributed by atoms with Crippen molar-refractivity contribution in [1.82, 2.24) is 20.5 Å². The fourth-order valence-electron chi connectivity index (χ4n) is 3.38. The summed E-state index contributed by atoms with van der Waals surface area (Å²) in [6, 6.07) is 11.3. The summed E-state index contributed by atoms with van der Waals surface area (Å²) in [5.41, 5.74) is 2.03. The minimum Gasteiger partial charge on any atom is -0.367 e. The number of para-hydroxylation sites is 1. The summed E-state index contributed by atoms with van der Waals surface area (Å²) in [5.74, 6) is -0.0348. The van der Waals surface area contributed by atoms with Crippen molar-refractivity contribution >= 4 is 17.4 Å². The van der Waals surface area contributed by atoms with Crippen LogP contribution in [0.15, 0.2) is 91.1 Å². The lowest BCUT2D eigenvalue weighted by Crippen LogP contribution is -2.43. The molecule has 33 heavy (non-hydrogen) atoms. The molecule has 7 nitrogen and oxygen atoms in total. The SMILES string of the molecule is C=C/C(NC(=O)c1cccc(NC(=C)Nc2ccccc2F)n1)=C(\C=C/C)N1CCNCC1. The molecule has 0 unspecified atom stereocenters. The lowest BCUT2D eigenvalue weighted by Gasteiger charge is -2.31. The van der Waals surface area contributed by atoms with Crippen LogP contribution in [-0.2, 0) is 0 Å². The summed E-state index contributed by atoms with van der Waals surface area (Å²) in [6.45, 7) is 13.1. The van der Waals surface area contributed by atoms with Gasteiger partial charge in [-0.25, -0.2) is 9.37 Å². The van der Waals surface area contributed by atoms with Gasteiger partial charge < -0.3 is 26.2 Å². The van der Waals surface area contributed by atoms with Gasteiger partial charge in [0, 0.05) is 26.2 Å². The Labute approximate surface area is 193 Å². The number of hydrogen-bond donors (Lipinski definition) is 4. The highest BCUT2D eigenvalue weighted by molar-refractivity contribution is 5.94. The number of nitrogens with one attached hydrogen (secondary N) is 4. The van der Waals surface area contributed by atoms with Crippen molar-refractivity contribution in [3.63, 3.8) is 0 Å². The second kappa shape index (κ2) is 11.6. The molecule has 1 amide bonds. The molecule has 172 valence electrons. The van der Waals surface area contributed by atoms with Gasteiger partial charge in [-0.2, -0.15) is 0 Å². The molecular weight excluding hydrogens is 419 g/mol. The Kier molecular flexibility index (Phi) is 8.37. The van der Waals surface area contributed by atoms with Crippen molar-refractivity contribution < 1.29 is 9.18 Å². The van der Waals surface area contributed by atoms with Gasteiger partial charge in [-0.1, -0.05) is 37.4 Å². The average molecular weight is 449 g/mol. The molecule has 0 atom stereocenters. The minimum absolute atomic E-state index is 0.221. The largest absolute Gasteiger partial charge is 0.367 e. The van der Waals surface area contributed by atoms with E-state index in [9.17, 15) is 9.18 Å². The van der Waals surface area contributed by atoms with Crippen molar-refractivity contribution in [2.45, 2.75) is 6.92 Å². The van der Waals surface area contributed by atoms with Crippen molar-refractivity contribution in [1.29, 1.82) is 0 Å². The van der Waals surface area contributed by atoms with Crippen LogP contribution in [0.4, 0.5) is 15.9 Å². The predicted molar refractivity (Wildman–Crippen MR) is 131 cm³/mol. The highest BCUT2D eigenvalue weighted by Gasteiger charge is 2.17. The number of hydrogen-bond acceptors (Lipinski definition) is 6. The number of amides is 1. The van der Waals surface area contributed by atoms with Crippen LogP contribution < -0.4 is 21.3 Å². The van der Waals surface area contributed by atoms with Gasteiger partial charge in [0.15, 0.2) is 0 Å². The van der Waals surface area contributed by atoms with Crippen molar-refractivity contribution in [2.24, 2.45) is 0 Å². The van der Waals surface area contributed by atoms with E-state index in [2.05, 4.69) is 44.3 Å². The predicted octanol–water partition coefficient (Wildman–Crippen LogP) is 3.82. The zero-order chi connectivity index (χ0) is 23.6. The molecule has 1 aliphatic rings. The molecule has 2 aromatic rings. The average Bonchev–Trinajstić information content (AvgIpc) is 2.83. The van der Waals surface area contributed by atoms with E-state index < -0.39 is 5.82 Å². The zero-order valence-corrected chi connectivity index (χ0v) is 18.7. The number of benzene rings is 1. The fraction of sp³-hybridized carbons (Fsp3) is 0.200. The van der Waals surface area contributed by atoms with E-state index in [1.807, 2.05) is 19.1 Å². The van der Waals surface area contributed by atoms with Gasteiger partial charge in [0.05, 0.1) is 17.1 Å². The lowest BCUT2D eigenvalue weighted by molar-refractivity contribution is 0.0961. The molecule has 1 aliphatic heterocycles. The monoisotopic (exact) mass is 448 g/mol. The fourth-order valence-corrected chi connectivity index (χ4v) is 3.38. The van der Waals surface area contributed by atoms with Gasteiger partial charge in [-0.3, -0.25) is 4.79 Å². The minimum atomic E-state index is -0.397. The summed E-state index contributed by atoms with van der Waals surface area (Å²) in [5, 5.41) is 12.1. The Morgan fingerprint density at radius 2 is 1.91 bits per heavy atom. The van der Waals surface area contributed by atoms with Gasteiger partial charge in [0.1, 0.15) is 23.1 Å². The number of rotatable bonds is 9. The van der Waals surface area contributed by atoms with Crippen LogP contribution in [-0.4, -0.2) is 42.0 Å². The maximum Gasteiger partial charge on any atom is 0.274 e. The molecule has 3 rings (SSSR count). The van der Waals surface area contributed by atoms with E-state index in [1.54, 1.807) is 42.5 Å². The van der Waals surface area contributed by atoms with E-state index in [1.165, 1.54) is 6.07 Å². The third-order valence-corrected chi connectivity index (χ3v) is 4.93. The number of piperazine rings is 1. The smallest absolute Gasteiger partial charge is 0.274 e. The molecule has 8 heteroatoms. The Hall–Kier alpha value is -3.91. The van der Waals surface area contributed by atoms with Gasteiger partial charge in [0.2, 0.25) is 0 Å². The van der Waals surface area contributed by atoms with Gasteiger partial charge >= 0.3 is 0 Å². The zero-order valence-electron chi connectivity index (χ0n) is 18.7. The topological polar surface area (TPSA) is 81.3 Å². The van der Waals surface area contributed by atoms with E-state index in [0.717, 1.165) is 31.9 Å². The van der Waals surface area contributed by atoms with Crippen molar-refractivity contribution in [2.75, 3.05) is 36.8 Å². The molecule has 0 saturated carbocycles. The molecule has 1 aromatic heterocycles. The molecule has 2 heterocycles. The van der Waals surface area contributed by atoms with E-state index in [-0.39, 0.29) is 17.3 Å². The number of anilines is 2. The standard InChI is InChI=1S/C25H29FN6O/c1-4-9-23(32-16-14-27-15-17-32)20(5-2)31-25(33)22-12-8-13-24(30-22)29-18(3)28-21-11-7-6-10-19(21)26/h4-13,27-28H,2-3,14-17H2,1H3,(H,29,30)(H,31,33)/b9-4-,23-20-. The summed E-state index contributed by atoms with van der Waals surface area (Å²) in [4.78, 5) is 19.5. The lowest BCUT2D eigenvalue weighted by atomic mass is 10.2. The second-order valence-electron chi connectivity index (χ2n) is 7.31. The van der Waals surface area contributed by atoms with Crippen LogP contribution in [0.2, 0.25) is 0 Å². The summed E-state index contributed by atoms with van der Waals surface area (Å²) in [7, 11) is 0. The Bertz CT molecular complexity index is 1070. The molecule has 0 spiro atoms. The quantitative estimate of drug-likeness (QED) is 0.437. The van der Waals surface area contributed by atoms with E-state index >= 15 is 0 Å². The summed E-state index contributed by atoms with van der Waals surface area (Å²) < 4.78 is 13.8. The summed E-state index contributed by atoms with van der Waals surface area (Å²) >= 11 is 0.